The van der Waals surface area contributed by atoms with Crippen molar-refractivity contribution >= 4 is 0 Å². The Balaban J connectivity index is 1.98. The topological polar surface area (TPSA) is 37.8 Å². The molecule has 0 bridgehead atoms. The van der Waals surface area contributed by atoms with Crippen molar-refractivity contribution in [2.24, 2.45) is 0 Å². The second-order valence-corrected chi connectivity index (χ2v) is 6.31. The van der Waals surface area contributed by atoms with E-state index in [-0.39, 0.29) is 0 Å². The molecule has 19 heavy (non-hydrogen) atoms. The van der Waals surface area contributed by atoms with Crippen LogP contribution < -0.4 is 5.32 Å². The Morgan fingerprint density at radius 1 is 1.11 bits per heavy atom. The standard InChI is InChI=1S/C16H25N3/c1-11(2)15-13-10-17-9-8-14(13)18-16(19-15)12-6-4-3-5-7-12/h11-12,17H,3-10H2,1-2H3. The zero-order valence-corrected chi connectivity index (χ0v) is 12.2. The first-order chi connectivity index (χ1) is 9.25. The monoisotopic (exact) mass is 259 g/mol. The van der Waals surface area contributed by atoms with E-state index in [4.69, 9.17) is 9.97 Å². The van der Waals surface area contributed by atoms with Crippen molar-refractivity contribution in [1.29, 1.82) is 0 Å². The van der Waals surface area contributed by atoms with Crippen molar-refractivity contribution in [2.75, 3.05) is 6.54 Å². The van der Waals surface area contributed by atoms with Crippen LogP contribution in [-0.4, -0.2) is 16.5 Å². The number of hydrogen-bond acceptors (Lipinski definition) is 3. The van der Waals surface area contributed by atoms with Crippen LogP contribution in [0.25, 0.3) is 0 Å². The predicted molar refractivity (Wildman–Crippen MR) is 77.4 cm³/mol. The Kier molecular flexibility index (Phi) is 3.83. The summed E-state index contributed by atoms with van der Waals surface area (Å²) in [5.74, 6) is 2.26. The van der Waals surface area contributed by atoms with E-state index in [0.29, 0.717) is 11.8 Å². The molecule has 1 aliphatic carbocycles. The van der Waals surface area contributed by atoms with Crippen LogP contribution in [0, 0.1) is 0 Å². The molecule has 0 radical (unpaired) electrons. The number of aromatic nitrogens is 2. The number of rotatable bonds is 2. The van der Waals surface area contributed by atoms with Gasteiger partial charge in [0.1, 0.15) is 5.82 Å². The summed E-state index contributed by atoms with van der Waals surface area (Å²) in [6, 6.07) is 0. The molecule has 0 saturated heterocycles. The summed E-state index contributed by atoms with van der Waals surface area (Å²) in [6.45, 7) is 6.52. The molecule has 104 valence electrons. The second kappa shape index (κ2) is 5.58. The van der Waals surface area contributed by atoms with Crippen LogP contribution in [0.4, 0.5) is 0 Å². The highest BCUT2D eigenvalue weighted by Crippen LogP contribution is 2.32. The maximum absolute atomic E-state index is 4.96. The Hall–Kier alpha value is -0.960. The van der Waals surface area contributed by atoms with Crippen molar-refractivity contribution in [2.45, 2.75) is 70.8 Å². The van der Waals surface area contributed by atoms with Crippen molar-refractivity contribution in [3.8, 4) is 0 Å². The van der Waals surface area contributed by atoms with Crippen molar-refractivity contribution in [3.05, 3.63) is 22.8 Å². The lowest BCUT2D eigenvalue weighted by atomic mass is 9.88. The van der Waals surface area contributed by atoms with Gasteiger partial charge in [-0.15, -0.1) is 0 Å². The summed E-state index contributed by atoms with van der Waals surface area (Å²) >= 11 is 0. The van der Waals surface area contributed by atoms with Gasteiger partial charge >= 0.3 is 0 Å². The third-order valence-electron chi connectivity index (χ3n) is 4.50. The normalized spacial score (nSPS) is 20.6. The van der Waals surface area contributed by atoms with Gasteiger partial charge < -0.3 is 5.32 Å². The molecule has 1 aromatic heterocycles. The van der Waals surface area contributed by atoms with E-state index in [2.05, 4.69) is 19.2 Å². The molecule has 2 heterocycles. The molecule has 1 N–H and O–H groups in total. The van der Waals surface area contributed by atoms with E-state index < -0.39 is 0 Å². The average Bonchev–Trinajstić information content (AvgIpc) is 2.47. The van der Waals surface area contributed by atoms with Crippen LogP contribution in [0.5, 0.6) is 0 Å². The largest absolute Gasteiger partial charge is 0.312 e. The quantitative estimate of drug-likeness (QED) is 0.885. The second-order valence-electron chi connectivity index (χ2n) is 6.31. The summed E-state index contributed by atoms with van der Waals surface area (Å²) in [4.78, 5) is 9.89. The van der Waals surface area contributed by atoms with Gasteiger partial charge in [0.2, 0.25) is 0 Å². The molecule has 0 amide bonds. The Morgan fingerprint density at radius 3 is 2.63 bits per heavy atom. The SMILES string of the molecule is CC(C)c1nc(C2CCCCC2)nc2c1CNCC2. The molecule has 1 aliphatic heterocycles. The Labute approximate surface area is 116 Å². The number of nitrogens with zero attached hydrogens (tertiary/aromatic N) is 2. The van der Waals surface area contributed by atoms with Gasteiger partial charge in [-0.2, -0.15) is 0 Å². The van der Waals surface area contributed by atoms with Crippen LogP contribution in [-0.2, 0) is 13.0 Å². The van der Waals surface area contributed by atoms with Gasteiger partial charge in [-0.1, -0.05) is 33.1 Å². The Bertz CT molecular complexity index is 448. The molecule has 1 saturated carbocycles. The molecule has 3 heteroatoms. The summed E-state index contributed by atoms with van der Waals surface area (Å²) in [5, 5.41) is 3.46. The van der Waals surface area contributed by atoms with E-state index >= 15 is 0 Å². The smallest absolute Gasteiger partial charge is 0.131 e. The lowest BCUT2D eigenvalue weighted by Gasteiger charge is -2.26. The van der Waals surface area contributed by atoms with Gasteiger partial charge in [-0.25, -0.2) is 9.97 Å². The highest BCUT2D eigenvalue weighted by Gasteiger charge is 2.24. The minimum atomic E-state index is 0.499. The van der Waals surface area contributed by atoms with Gasteiger partial charge in [0.05, 0.1) is 11.4 Å². The molecule has 1 aromatic rings. The van der Waals surface area contributed by atoms with Crippen molar-refractivity contribution < 1.29 is 0 Å². The third-order valence-corrected chi connectivity index (χ3v) is 4.50. The number of hydrogen-bond donors (Lipinski definition) is 1. The summed E-state index contributed by atoms with van der Waals surface area (Å²) in [5.41, 5.74) is 3.98. The maximum atomic E-state index is 4.96. The first-order valence-corrected chi connectivity index (χ1v) is 7.86. The molecule has 1 fully saturated rings. The predicted octanol–water partition coefficient (Wildman–Crippen LogP) is 3.29. The zero-order valence-electron chi connectivity index (χ0n) is 12.2. The molecule has 0 spiro atoms. The van der Waals surface area contributed by atoms with Gasteiger partial charge in [0.15, 0.2) is 0 Å². The van der Waals surface area contributed by atoms with Crippen LogP contribution in [0.3, 0.4) is 0 Å². The van der Waals surface area contributed by atoms with Crippen LogP contribution in [0.1, 0.15) is 80.6 Å². The van der Waals surface area contributed by atoms with Gasteiger partial charge in [-0.3, -0.25) is 0 Å². The van der Waals surface area contributed by atoms with Crippen molar-refractivity contribution in [1.82, 2.24) is 15.3 Å². The number of nitrogens with one attached hydrogen (secondary N) is 1. The lowest BCUT2D eigenvalue weighted by molar-refractivity contribution is 0.424. The van der Waals surface area contributed by atoms with E-state index in [1.165, 1.54) is 49.1 Å². The molecule has 0 atom stereocenters. The fourth-order valence-corrected chi connectivity index (χ4v) is 3.41. The molecule has 3 nitrogen and oxygen atoms in total. The fourth-order valence-electron chi connectivity index (χ4n) is 3.41. The van der Waals surface area contributed by atoms with Gasteiger partial charge in [-0.05, 0) is 18.8 Å². The minimum absolute atomic E-state index is 0.499. The summed E-state index contributed by atoms with van der Waals surface area (Å²) in [7, 11) is 0. The van der Waals surface area contributed by atoms with Gasteiger partial charge in [0, 0.05) is 31.0 Å². The van der Waals surface area contributed by atoms with Crippen molar-refractivity contribution in [3.63, 3.8) is 0 Å². The highest BCUT2D eigenvalue weighted by molar-refractivity contribution is 5.31. The van der Waals surface area contributed by atoms with Crippen LogP contribution >= 0.6 is 0 Å². The molecule has 3 rings (SSSR count). The highest BCUT2D eigenvalue weighted by atomic mass is 15.0. The molecule has 0 aromatic carbocycles. The lowest BCUT2D eigenvalue weighted by Crippen LogP contribution is -2.28. The summed E-state index contributed by atoms with van der Waals surface area (Å²) in [6.07, 6.45) is 7.73. The van der Waals surface area contributed by atoms with E-state index in [1.54, 1.807) is 0 Å². The fraction of sp³-hybridized carbons (Fsp3) is 0.750. The minimum Gasteiger partial charge on any atom is -0.312 e. The van der Waals surface area contributed by atoms with E-state index in [9.17, 15) is 0 Å². The molecular weight excluding hydrogens is 234 g/mol. The Morgan fingerprint density at radius 2 is 1.89 bits per heavy atom. The zero-order chi connectivity index (χ0) is 13.2. The first-order valence-electron chi connectivity index (χ1n) is 7.86. The molecular formula is C16H25N3. The van der Waals surface area contributed by atoms with Crippen LogP contribution in [0.15, 0.2) is 0 Å². The number of fused-ring (bicyclic) bond motifs is 1. The first kappa shape index (κ1) is 13.0. The average molecular weight is 259 g/mol. The van der Waals surface area contributed by atoms with Gasteiger partial charge in [0.25, 0.3) is 0 Å². The summed E-state index contributed by atoms with van der Waals surface area (Å²) < 4.78 is 0. The maximum Gasteiger partial charge on any atom is 0.131 e. The molecule has 2 aliphatic rings. The third kappa shape index (κ3) is 2.66. The van der Waals surface area contributed by atoms with E-state index in [0.717, 1.165) is 25.3 Å². The van der Waals surface area contributed by atoms with E-state index in [1.807, 2.05) is 0 Å². The molecule has 0 unspecified atom stereocenters. The van der Waals surface area contributed by atoms with Crippen LogP contribution in [0.2, 0.25) is 0 Å².